The fourth-order valence-corrected chi connectivity index (χ4v) is 1.92. The number of fused-ring (bicyclic) bond motifs is 2. The normalized spacial score (nSPS) is 11.2. The average Bonchev–Trinajstić information content (AvgIpc) is 2.31. The van der Waals surface area contributed by atoms with Crippen molar-refractivity contribution in [2.45, 2.75) is 6.92 Å². The molecule has 1 aromatic rings. The van der Waals surface area contributed by atoms with E-state index in [0.29, 0.717) is 11.0 Å². The Bertz CT molecular complexity index is 849. The van der Waals surface area contributed by atoms with Crippen LogP contribution in [0.4, 0.5) is 0 Å². The van der Waals surface area contributed by atoms with Crippen LogP contribution in [0.2, 0.25) is 0 Å². The molecular formula is C11H8N4O3. The molecule has 90 valence electrons. The molecule has 2 N–H and O–H groups in total. The van der Waals surface area contributed by atoms with E-state index in [1.807, 2.05) is 4.98 Å². The number of nitrogens with one attached hydrogen (secondary N) is 1. The number of rotatable bonds is 0. The molecule has 0 aliphatic carbocycles. The molecule has 0 fully saturated rings. The molecule has 3 rings (SSSR count). The molecule has 0 saturated heterocycles. The van der Waals surface area contributed by atoms with E-state index in [4.69, 9.17) is 0 Å². The molecule has 7 nitrogen and oxygen atoms in total. The highest BCUT2D eigenvalue weighted by atomic mass is 16.5. The standard InChI is InChI=1S/C11H8N4O3/c1-5-3-2-4-6-8(5)15(18)9-7(12-6)10(16)14-11(17)13-9/h2-4,18H,1H3,(H,14,16,17). The minimum Gasteiger partial charge on any atom is -0.426 e. The second-order valence-corrected chi connectivity index (χ2v) is 3.91. The van der Waals surface area contributed by atoms with Crippen LogP contribution in [0.5, 0.6) is 0 Å². The van der Waals surface area contributed by atoms with Crippen molar-refractivity contribution in [3.63, 3.8) is 0 Å². The van der Waals surface area contributed by atoms with Crippen LogP contribution in [0.3, 0.4) is 0 Å². The quantitative estimate of drug-likeness (QED) is 0.432. The summed E-state index contributed by atoms with van der Waals surface area (Å²) in [7, 11) is 0. The Morgan fingerprint density at radius 2 is 2.06 bits per heavy atom. The van der Waals surface area contributed by atoms with Crippen molar-refractivity contribution in [1.82, 2.24) is 19.7 Å². The Hall–Kier alpha value is -2.70. The molecule has 0 spiro atoms. The third-order valence-electron chi connectivity index (χ3n) is 2.72. The fourth-order valence-electron chi connectivity index (χ4n) is 1.92. The average molecular weight is 244 g/mol. The Labute approximate surface area is 99.7 Å². The topological polar surface area (TPSA) is 101 Å². The highest BCUT2D eigenvalue weighted by Crippen LogP contribution is 2.21. The van der Waals surface area contributed by atoms with E-state index >= 15 is 0 Å². The Morgan fingerprint density at radius 1 is 1.28 bits per heavy atom. The van der Waals surface area contributed by atoms with Gasteiger partial charge in [-0.1, -0.05) is 12.1 Å². The second-order valence-electron chi connectivity index (χ2n) is 3.91. The summed E-state index contributed by atoms with van der Waals surface area (Å²) in [6, 6.07) is 5.22. The second kappa shape index (κ2) is 3.39. The summed E-state index contributed by atoms with van der Waals surface area (Å²) in [6.07, 6.45) is 0. The van der Waals surface area contributed by atoms with Crippen molar-refractivity contribution in [2.24, 2.45) is 0 Å². The summed E-state index contributed by atoms with van der Waals surface area (Å²) in [5.41, 5.74) is 0.0776. The Morgan fingerprint density at radius 3 is 2.83 bits per heavy atom. The molecule has 2 aliphatic heterocycles. The number of aryl methyl sites for hydroxylation is 1. The molecule has 0 saturated carbocycles. The van der Waals surface area contributed by atoms with E-state index in [1.165, 1.54) is 0 Å². The van der Waals surface area contributed by atoms with Crippen molar-refractivity contribution in [1.29, 1.82) is 0 Å². The van der Waals surface area contributed by atoms with Crippen molar-refractivity contribution in [3.8, 4) is 11.5 Å². The van der Waals surface area contributed by atoms with Gasteiger partial charge in [0, 0.05) is 0 Å². The first-order valence-electron chi connectivity index (χ1n) is 5.19. The highest BCUT2D eigenvalue weighted by Gasteiger charge is 2.18. The van der Waals surface area contributed by atoms with Gasteiger partial charge in [0.2, 0.25) is 5.82 Å². The molecule has 2 heterocycles. The van der Waals surface area contributed by atoms with Crippen molar-refractivity contribution in [3.05, 3.63) is 44.6 Å². The largest absolute Gasteiger partial charge is 0.426 e. The van der Waals surface area contributed by atoms with Crippen molar-refractivity contribution >= 4 is 11.0 Å². The van der Waals surface area contributed by atoms with E-state index in [1.54, 1.807) is 25.1 Å². The SMILES string of the molecule is Cc1cccc2nc3c(=O)[nH]c(=O)nc-3n(O)c12. The Kier molecular flexibility index (Phi) is 1.97. The highest BCUT2D eigenvalue weighted by molar-refractivity contribution is 5.81. The van der Waals surface area contributed by atoms with E-state index < -0.39 is 11.2 Å². The zero-order chi connectivity index (χ0) is 12.9. The monoisotopic (exact) mass is 244 g/mol. The van der Waals surface area contributed by atoms with Crippen LogP contribution < -0.4 is 11.2 Å². The van der Waals surface area contributed by atoms with Gasteiger partial charge in [-0.3, -0.25) is 9.78 Å². The molecule has 7 heteroatoms. The van der Waals surface area contributed by atoms with E-state index in [2.05, 4.69) is 9.97 Å². The van der Waals surface area contributed by atoms with Gasteiger partial charge < -0.3 is 5.21 Å². The smallest absolute Gasteiger partial charge is 0.350 e. The number of nitrogens with zero attached hydrogens (tertiary/aromatic N) is 3. The van der Waals surface area contributed by atoms with Crippen LogP contribution >= 0.6 is 0 Å². The number of para-hydroxylation sites is 1. The lowest BCUT2D eigenvalue weighted by atomic mass is 10.2. The number of aromatic nitrogens is 4. The lowest BCUT2D eigenvalue weighted by Gasteiger charge is -2.11. The van der Waals surface area contributed by atoms with Crippen molar-refractivity contribution in [2.75, 3.05) is 0 Å². The van der Waals surface area contributed by atoms with Gasteiger partial charge in [0.1, 0.15) is 5.52 Å². The fraction of sp³-hybridized carbons (Fsp3) is 0.0909. The molecule has 18 heavy (non-hydrogen) atoms. The van der Waals surface area contributed by atoms with Gasteiger partial charge in [-0.25, -0.2) is 9.78 Å². The van der Waals surface area contributed by atoms with Gasteiger partial charge >= 0.3 is 5.69 Å². The molecule has 0 amide bonds. The number of benzene rings is 1. The third kappa shape index (κ3) is 1.30. The number of H-pyrrole nitrogens is 1. The van der Waals surface area contributed by atoms with E-state index in [0.717, 1.165) is 10.3 Å². The van der Waals surface area contributed by atoms with E-state index in [9.17, 15) is 14.8 Å². The number of hydrogen-bond donors (Lipinski definition) is 2. The molecular weight excluding hydrogens is 236 g/mol. The molecule has 0 atom stereocenters. The number of hydrogen-bond acceptors (Lipinski definition) is 5. The van der Waals surface area contributed by atoms with Gasteiger partial charge in [0.15, 0.2) is 5.69 Å². The zero-order valence-corrected chi connectivity index (χ0v) is 9.34. The minimum absolute atomic E-state index is 0.0739. The first-order valence-corrected chi connectivity index (χ1v) is 5.19. The van der Waals surface area contributed by atoms with Crippen LogP contribution in [-0.4, -0.2) is 24.9 Å². The van der Waals surface area contributed by atoms with Gasteiger partial charge in [0.25, 0.3) is 5.56 Å². The van der Waals surface area contributed by atoms with Crippen LogP contribution in [0, 0.1) is 6.92 Å². The predicted molar refractivity (Wildman–Crippen MR) is 63.0 cm³/mol. The first-order chi connectivity index (χ1) is 8.58. The van der Waals surface area contributed by atoms with Gasteiger partial charge in [-0.15, -0.1) is 0 Å². The summed E-state index contributed by atoms with van der Waals surface area (Å²) < 4.78 is 0.726. The van der Waals surface area contributed by atoms with Gasteiger partial charge in [0.05, 0.1) is 5.52 Å². The molecule has 0 bridgehead atoms. The predicted octanol–water partition coefficient (Wildman–Crippen LogP) is 0.130. The van der Waals surface area contributed by atoms with Gasteiger partial charge in [-0.2, -0.15) is 9.71 Å². The van der Waals surface area contributed by atoms with Crippen molar-refractivity contribution < 1.29 is 5.21 Å². The summed E-state index contributed by atoms with van der Waals surface area (Å²) >= 11 is 0. The lowest BCUT2D eigenvalue weighted by Crippen LogP contribution is -2.28. The zero-order valence-electron chi connectivity index (χ0n) is 9.34. The maximum atomic E-state index is 11.6. The summed E-state index contributed by atoms with van der Waals surface area (Å²) in [5, 5.41) is 10.1. The first kappa shape index (κ1) is 10.5. The summed E-state index contributed by atoms with van der Waals surface area (Å²) in [5.74, 6) is -0.148. The molecule has 1 aromatic carbocycles. The maximum Gasteiger partial charge on any atom is 0.350 e. The Balaban J connectivity index is 2.66. The lowest BCUT2D eigenvalue weighted by molar-refractivity contribution is 0.198. The van der Waals surface area contributed by atoms with Crippen LogP contribution in [-0.2, 0) is 0 Å². The van der Waals surface area contributed by atoms with E-state index in [-0.39, 0.29) is 11.5 Å². The third-order valence-corrected chi connectivity index (χ3v) is 2.72. The van der Waals surface area contributed by atoms with Gasteiger partial charge in [-0.05, 0) is 18.6 Å². The molecule has 0 aromatic heterocycles. The van der Waals surface area contributed by atoms with Crippen LogP contribution in [0.25, 0.3) is 22.6 Å². The summed E-state index contributed by atoms with van der Waals surface area (Å²) in [6.45, 7) is 1.79. The molecule has 0 unspecified atom stereocenters. The molecule has 0 radical (unpaired) electrons. The minimum atomic E-state index is -0.815. The van der Waals surface area contributed by atoms with Crippen LogP contribution in [0.15, 0.2) is 27.8 Å². The number of aromatic amines is 1. The van der Waals surface area contributed by atoms with Crippen LogP contribution in [0.1, 0.15) is 5.56 Å². The summed E-state index contributed by atoms with van der Waals surface area (Å²) in [4.78, 5) is 32.4. The maximum absolute atomic E-state index is 11.6. The molecule has 2 aliphatic rings.